The number of imidazole rings is 1. The van der Waals surface area contributed by atoms with Crippen LogP contribution < -0.4 is 5.32 Å². The monoisotopic (exact) mass is 370 g/mol. The lowest BCUT2D eigenvalue weighted by atomic mass is 9.72. The first kappa shape index (κ1) is 16.8. The minimum absolute atomic E-state index is 0.0890. The molecule has 134 valence electrons. The highest BCUT2D eigenvalue weighted by atomic mass is 35.5. The Bertz CT molecular complexity index is 925. The number of aromatic nitrogens is 5. The highest BCUT2D eigenvalue weighted by Gasteiger charge is 2.40. The van der Waals surface area contributed by atoms with Crippen LogP contribution in [0.1, 0.15) is 24.8 Å². The molecule has 0 bridgehead atoms. The zero-order valence-corrected chi connectivity index (χ0v) is 15.1. The fourth-order valence-electron chi connectivity index (χ4n) is 3.37. The van der Waals surface area contributed by atoms with Crippen molar-refractivity contribution in [3.8, 4) is 11.3 Å². The second-order valence-corrected chi connectivity index (χ2v) is 6.91. The van der Waals surface area contributed by atoms with Gasteiger partial charge in [-0.3, -0.25) is 9.48 Å². The zero-order valence-electron chi connectivity index (χ0n) is 14.4. The average Bonchev–Trinajstić information content (AvgIpc) is 3.25. The minimum Gasteiger partial charge on any atom is -0.358 e. The number of hydrogen-bond acceptors (Lipinski definition) is 4. The number of amides is 1. The van der Waals surface area contributed by atoms with Gasteiger partial charge in [-0.25, -0.2) is 9.97 Å². The fraction of sp³-hybridized carbons (Fsp3) is 0.333. The summed E-state index contributed by atoms with van der Waals surface area (Å²) >= 11 is 5.93. The first-order valence-electron chi connectivity index (χ1n) is 8.51. The van der Waals surface area contributed by atoms with Gasteiger partial charge in [-0.2, -0.15) is 5.10 Å². The molecule has 3 aromatic heterocycles. The summed E-state index contributed by atoms with van der Waals surface area (Å²) in [6.45, 7) is 0.192. The molecule has 1 aliphatic rings. The largest absolute Gasteiger partial charge is 0.358 e. The van der Waals surface area contributed by atoms with Crippen LogP contribution in [0.5, 0.6) is 0 Å². The fourth-order valence-corrected chi connectivity index (χ4v) is 3.48. The Labute approximate surface area is 156 Å². The summed E-state index contributed by atoms with van der Waals surface area (Å²) in [6.07, 6.45) is 12.6. The third-order valence-corrected chi connectivity index (χ3v) is 5.26. The van der Waals surface area contributed by atoms with Crippen LogP contribution in [0, 0.1) is 0 Å². The van der Waals surface area contributed by atoms with Crippen molar-refractivity contribution in [3.63, 3.8) is 0 Å². The number of pyridine rings is 1. The van der Waals surface area contributed by atoms with E-state index in [1.165, 1.54) is 6.42 Å². The SMILES string of the molecule is CNC(=O)Cn1cc(-c2cn(C3(c4ccc(Cl)nc4)CCC3)cn2)cn1. The number of hydrogen-bond donors (Lipinski definition) is 1. The van der Waals surface area contributed by atoms with Crippen molar-refractivity contribution in [2.75, 3.05) is 7.05 Å². The molecule has 1 amide bonds. The molecule has 1 saturated carbocycles. The van der Waals surface area contributed by atoms with Gasteiger partial charge in [0.25, 0.3) is 0 Å². The molecule has 3 aromatic rings. The van der Waals surface area contributed by atoms with E-state index in [0.717, 1.165) is 29.7 Å². The van der Waals surface area contributed by atoms with Crippen LogP contribution in [0.15, 0.2) is 43.2 Å². The first-order chi connectivity index (χ1) is 12.6. The third-order valence-electron chi connectivity index (χ3n) is 5.04. The summed E-state index contributed by atoms with van der Waals surface area (Å²) in [7, 11) is 1.61. The number of rotatable bonds is 5. The topological polar surface area (TPSA) is 77.6 Å². The molecule has 0 aromatic carbocycles. The van der Waals surface area contributed by atoms with E-state index in [2.05, 4.69) is 25.0 Å². The summed E-state index contributed by atoms with van der Waals surface area (Å²) in [4.78, 5) is 20.3. The van der Waals surface area contributed by atoms with E-state index >= 15 is 0 Å². The van der Waals surface area contributed by atoms with Gasteiger partial charge in [-0.1, -0.05) is 17.7 Å². The lowest BCUT2D eigenvalue weighted by molar-refractivity contribution is -0.121. The van der Waals surface area contributed by atoms with Gasteiger partial charge in [-0.15, -0.1) is 0 Å². The van der Waals surface area contributed by atoms with E-state index in [4.69, 9.17) is 11.6 Å². The lowest BCUT2D eigenvalue weighted by Crippen LogP contribution is -2.41. The van der Waals surface area contributed by atoms with Crippen LogP contribution in [0.3, 0.4) is 0 Å². The van der Waals surface area contributed by atoms with E-state index in [-0.39, 0.29) is 18.0 Å². The second-order valence-electron chi connectivity index (χ2n) is 6.52. The quantitative estimate of drug-likeness (QED) is 0.700. The number of carbonyl (C=O) groups is 1. The molecule has 0 unspecified atom stereocenters. The lowest BCUT2D eigenvalue weighted by Gasteiger charge is -2.43. The van der Waals surface area contributed by atoms with Crippen molar-refractivity contribution in [3.05, 3.63) is 54.0 Å². The predicted molar refractivity (Wildman–Crippen MR) is 97.7 cm³/mol. The van der Waals surface area contributed by atoms with Gasteiger partial charge in [0.05, 0.1) is 23.8 Å². The summed E-state index contributed by atoms with van der Waals surface area (Å²) in [5.74, 6) is -0.0890. The van der Waals surface area contributed by atoms with Crippen molar-refractivity contribution in [2.45, 2.75) is 31.3 Å². The van der Waals surface area contributed by atoms with Crippen molar-refractivity contribution in [2.24, 2.45) is 0 Å². The molecule has 3 heterocycles. The van der Waals surface area contributed by atoms with Crippen molar-refractivity contribution < 1.29 is 4.79 Å². The van der Waals surface area contributed by atoms with Crippen molar-refractivity contribution >= 4 is 17.5 Å². The van der Waals surface area contributed by atoms with Crippen LogP contribution in [-0.2, 0) is 16.9 Å². The van der Waals surface area contributed by atoms with Crippen LogP contribution >= 0.6 is 11.6 Å². The Morgan fingerprint density at radius 2 is 2.12 bits per heavy atom. The molecule has 1 aliphatic carbocycles. The predicted octanol–water partition coefficient (Wildman–Crippen LogP) is 2.47. The average molecular weight is 371 g/mol. The summed E-state index contributed by atoms with van der Waals surface area (Å²) < 4.78 is 3.77. The van der Waals surface area contributed by atoms with Gasteiger partial charge in [0.2, 0.25) is 5.91 Å². The molecule has 26 heavy (non-hydrogen) atoms. The molecule has 7 nitrogen and oxygen atoms in total. The zero-order chi connectivity index (χ0) is 18.1. The Morgan fingerprint density at radius 3 is 2.77 bits per heavy atom. The minimum atomic E-state index is -0.110. The third kappa shape index (κ3) is 2.88. The standard InChI is InChI=1S/C18H19ClN6O/c1-20-17(26)11-25-9-13(7-23-25)15-10-24(12-22-15)18(5-2-6-18)14-3-4-16(19)21-8-14/h3-4,7-10,12H,2,5-6,11H2,1H3,(H,20,26). The van der Waals surface area contributed by atoms with Gasteiger partial charge in [-0.05, 0) is 30.9 Å². The summed E-state index contributed by atoms with van der Waals surface area (Å²) in [5, 5.41) is 7.32. The molecule has 0 radical (unpaired) electrons. The summed E-state index contributed by atoms with van der Waals surface area (Å²) in [5.41, 5.74) is 2.76. The second kappa shape index (κ2) is 6.57. The van der Waals surface area contributed by atoms with Gasteiger partial charge in [0.1, 0.15) is 11.7 Å². The molecule has 0 atom stereocenters. The molecular weight excluding hydrogens is 352 g/mol. The molecule has 1 fully saturated rings. The van der Waals surface area contributed by atoms with Crippen molar-refractivity contribution in [1.29, 1.82) is 0 Å². The van der Waals surface area contributed by atoms with E-state index in [1.807, 2.05) is 37.1 Å². The van der Waals surface area contributed by atoms with E-state index < -0.39 is 0 Å². The van der Waals surface area contributed by atoms with Crippen molar-refractivity contribution in [1.82, 2.24) is 29.6 Å². The first-order valence-corrected chi connectivity index (χ1v) is 8.88. The maximum Gasteiger partial charge on any atom is 0.241 e. The van der Waals surface area contributed by atoms with E-state index in [1.54, 1.807) is 17.9 Å². The molecular formula is C18H19ClN6O. The molecule has 1 N–H and O–H groups in total. The summed E-state index contributed by atoms with van der Waals surface area (Å²) in [6, 6.07) is 3.87. The van der Waals surface area contributed by atoms with Gasteiger partial charge in [0, 0.05) is 31.2 Å². The number of nitrogens with zero attached hydrogens (tertiary/aromatic N) is 5. The van der Waals surface area contributed by atoms with E-state index in [9.17, 15) is 4.79 Å². The molecule has 0 saturated heterocycles. The van der Waals surface area contributed by atoms with E-state index in [0.29, 0.717) is 5.15 Å². The van der Waals surface area contributed by atoms with Gasteiger partial charge in [0.15, 0.2) is 0 Å². The molecule has 0 spiro atoms. The molecule has 0 aliphatic heterocycles. The number of carbonyl (C=O) groups excluding carboxylic acids is 1. The Balaban J connectivity index is 1.61. The maximum absolute atomic E-state index is 11.5. The smallest absolute Gasteiger partial charge is 0.241 e. The van der Waals surface area contributed by atoms with Gasteiger partial charge >= 0.3 is 0 Å². The molecule has 4 rings (SSSR count). The van der Waals surface area contributed by atoms with Crippen LogP contribution in [0.25, 0.3) is 11.3 Å². The Kier molecular flexibility index (Phi) is 4.24. The van der Waals surface area contributed by atoms with Crippen LogP contribution in [0.4, 0.5) is 0 Å². The highest BCUT2D eigenvalue weighted by molar-refractivity contribution is 6.29. The van der Waals surface area contributed by atoms with Crippen LogP contribution in [0.2, 0.25) is 5.15 Å². The number of nitrogens with one attached hydrogen (secondary N) is 1. The Hall–Kier alpha value is -2.67. The maximum atomic E-state index is 11.5. The van der Waals surface area contributed by atoms with Gasteiger partial charge < -0.3 is 9.88 Å². The highest BCUT2D eigenvalue weighted by Crippen LogP contribution is 2.45. The normalized spacial score (nSPS) is 15.5. The number of halogens is 1. The van der Waals surface area contributed by atoms with Crippen LogP contribution in [-0.4, -0.2) is 37.3 Å². The Morgan fingerprint density at radius 1 is 1.27 bits per heavy atom. The number of likely N-dealkylation sites (N-methyl/N-ethyl adjacent to an activating group) is 1. The molecule has 8 heteroatoms.